The quantitative estimate of drug-likeness (QED) is 0.526. The van der Waals surface area contributed by atoms with Crippen LogP contribution in [0.15, 0.2) is 23.3 Å². The van der Waals surface area contributed by atoms with Crippen molar-refractivity contribution in [3.8, 4) is 0 Å². The zero-order chi connectivity index (χ0) is 8.27. The molecule has 0 amide bonds. The second-order valence-corrected chi connectivity index (χ2v) is 3.64. The van der Waals surface area contributed by atoms with E-state index in [1.807, 2.05) is 0 Å². The third-order valence-electron chi connectivity index (χ3n) is 2.38. The molecule has 0 saturated heterocycles. The molecule has 0 heterocycles. The van der Waals surface area contributed by atoms with Crippen LogP contribution < -0.4 is 0 Å². The minimum atomic E-state index is 0.768. The molecule has 0 nitrogen and oxygen atoms in total. The number of hydrogen-bond donors (Lipinski definition) is 0. The van der Waals surface area contributed by atoms with Crippen molar-refractivity contribution in [3.63, 3.8) is 0 Å². The van der Waals surface area contributed by atoms with Crippen molar-refractivity contribution in [1.82, 2.24) is 0 Å². The molecule has 0 saturated carbocycles. The van der Waals surface area contributed by atoms with Gasteiger partial charge in [0.25, 0.3) is 0 Å². The summed E-state index contributed by atoms with van der Waals surface area (Å²) in [4.78, 5) is 0. The Kier molecular flexibility index (Phi) is 2.92. The Morgan fingerprint density at radius 1 is 1.64 bits per heavy atom. The van der Waals surface area contributed by atoms with E-state index in [1.165, 1.54) is 19.3 Å². The molecule has 1 atom stereocenters. The Morgan fingerprint density at radius 3 is 2.82 bits per heavy atom. The third-order valence-corrected chi connectivity index (χ3v) is 2.38. The lowest BCUT2D eigenvalue weighted by atomic mass is 10.0. The van der Waals surface area contributed by atoms with E-state index in [0.717, 1.165) is 5.92 Å². The maximum absolute atomic E-state index is 2.44. The van der Waals surface area contributed by atoms with Gasteiger partial charge in [-0.2, -0.15) is 0 Å². The predicted octanol–water partition coefficient (Wildman–Crippen LogP) is 3.70. The Labute approximate surface area is 70.0 Å². The van der Waals surface area contributed by atoms with Crippen molar-refractivity contribution in [1.29, 1.82) is 0 Å². The van der Waals surface area contributed by atoms with Crippen LogP contribution in [0.5, 0.6) is 0 Å². The SMILES string of the molecule is CCC(C)C=C1CC=C(C)C1. The van der Waals surface area contributed by atoms with Gasteiger partial charge in [-0.05, 0) is 25.7 Å². The van der Waals surface area contributed by atoms with Gasteiger partial charge in [0, 0.05) is 0 Å². The fraction of sp³-hybridized carbons (Fsp3) is 0.636. The van der Waals surface area contributed by atoms with Crippen molar-refractivity contribution in [3.05, 3.63) is 23.3 Å². The first-order chi connectivity index (χ1) is 5.22. The molecule has 0 heteroatoms. The largest absolute Gasteiger partial charge is 0.0819 e. The lowest BCUT2D eigenvalue weighted by Gasteiger charge is -2.03. The molecule has 0 aromatic rings. The normalized spacial score (nSPS) is 23.9. The van der Waals surface area contributed by atoms with Crippen LogP contribution in [0.1, 0.15) is 40.0 Å². The van der Waals surface area contributed by atoms with Crippen molar-refractivity contribution < 1.29 is 0 Å². The van der Waals surface area contributed by atoms with Gasteiger partial charge in [-0.3, -0.25) is 0 Å². The Balaban J connectivity index is 2.45. The van der Waals surface area contributed by atoms with Crippen molar-refractivity contribution >= 4 is 0 Å². The first kappa shape index (κ1) is 8.58. The average Bonchev–Trinajstić information content (AvgIpc) is 2.35. The van der Waals surface area contributed by atoms with Gasteiger partial charge in [-0.1, -0.05) is 43.6 Å². The second-order valence-electron chi connectivity index (χ2n) is 3.64. The maximum atomic E-state index is 2.44. The highest BCUT2D eigenvalue weighted by Crippen LogP contribution is 2.25. The molecule has 0 aliphatic heterocycles. The summed E-state index contributed by atoms with van der Waals surface area (Å²) in [6.07, 6.45) is 8.48. The van der Waals surface area contributed by atoms with Crippen molar-refractivity contribution in [2.45, 2.75) is 40.0 Å². The zero-order valence-electron chi connectivity index (χ0n) is 7.85. The third kappa shape index (κ3) is 2.53. The van der Waals surface area contributed by atoms with Gasteiger partial charge in [0.1, 0.15) is 0 Å². The smallest absolute Gasteiger partial charge is 0.0108 e. The van der Waals surface area contributed by atoms with E-state index in [4.69, 9.17) is 0 Å². The van der Waals surface area contributed by atoms with E-state index < -0.39 is 0 Å². The summed E-state index contributed by atoms with van der Waals surface area (Å²) in [5, 5.41) is 0. The minimum absolute atomic E-state index is 0.768. The highest BCUT2D eigenvalue weighted by Gasteiger charge is 2.06. The van der Waals surface area contributed by atoms with Crippen LogP contribution >= 0.6 is 0 Å². The van der Waals surface area contributed by atoms with Crippen LogP contribution in [0.4, 0.5) is 0 Å². The molecule has 62 valence electrons. The monoisotopic (exact) mass is 150 g/mol. The summed E-state index contributed by atoms with van der Waals surface area (Å²) in [5.74, 6) is 0.768. The fourth-order valence-electron chi connectivity index (χ4n) is 1.46. The summed E-state index contributed by atoms with van der Waals surface area (Å²) in [6.45, 7) is 6.76. The van der Waals surface area contributed by atoms with Crippen LogP contribution in [-0.2, 0) is 0 Å². The molecule has 0 aromatic heterocycles. The first-order valence-electron chi connectivity index (χ1n) is 4.57. The number of allylic oxidation sites excluding steroid dienone is 4. The van der Waals surface area contributed by atoms with Gasteiger partial charge in [0.05, 0.1) is 0 Å². The molecule has 0 fully saturated rings. The van der Waals surface area contributed by atoms with Gasteiger partial charge in [-0.15, -0.1) is 0 Å². The van der Waals surface area contributed by atoms with Gasteiger partial charge >= 0.3 is 0 Å². The Bertz CT molecular complexity index is 184. The van der Waals surface area contributed by atoms with Crippen LogP contribution in [-0.4, -0.2) is 0 Å². The molecule has 1 aliphatic carbocycles. The molecule has 11 heavy (non-hydrogen) atoms. The molecule has 0 bridgehead atoms. The minimum Gasteiger partial charge on any atom is -0.0819 e. The van der Waals surface area contributed by atoms with E-state index in [-0.39, 0.29) is 0 Å². The highest BCUT2D eigenvalue weighted by atomic mass is 14.1. The maximum Gasteiger partial charge on any atom is -0.0108 e. The Hall–Kier alpha value is -0.520. The lowest BCUT2D eigenvalue weighted by Crippen LogP contribution is -1.87. The van der Waals surface area contributed by atoms with Crippen molar-refractivity contribution in [2.24, 2.45) is 5.92 Å². The van der Waals surface area contributed by atoms with Gasteiger partial charge in [0.15, 0.2) is 0 Å². The molecule has 0 radical (unpaired) electrons. The second kappa shape index (κ2) is 3.75. The van der Waals surface area contributed by atoms with Gasteiger partial charge in [0.2, 0.25) is 0 Å². The number of rotatable bonds is 2. The zero-order valence-corrected chi connectivity index (χ0v) is 7.85. The summed E-state index contributed by atoms with van der Waals surface area (Å²) >= 11 is 0. The summed E-state index contributed by atoms with van der Waals surface area (Å²) in [7, 11) is 0. The fourth-order valence-corrected chi connectivity index (χ4v) is 1.46. The molecular formula is C11H18. The van der Waals surface area contributed by atoms with Crippen LogP contribution in [0.3, 0.4) is 0 Å². The summed E-state index contributed by atoms with van der Waals surface area (Å²) in [6, 6.07) is 0. The topological polar surface area (TPSA) is 0 Å². The van der Waals surface area contributed by atoms with Gasteiger partial charge < -0.3 is 0 Å². The molecule has 1 aliphatic rings. The van der Waals surface area contributed by atoms with Crippen LogP contribution in [0.2, 0.25) is 0 Å². The predicted molar refractivity (Wildman–Crippen MR) is 50.5 cm³/mol. The summed E-state index contributed by atoms with van der Waals surface area (Å²) < 4.78 is 0. The van der Waals surface area contributed by atoms with Crippen molar-refractivity contribution in [2.75, 3.05) is 0 Å². The Morgan fingerprint density at radius 2 is 2.36 bits per heavy atom. The van der Waals surface area contributed by atoms with E-state index >= 15 is 0 Å². The standard InChI is InChI=1S/C11H18/c1-4-9(2)7-11-6-5-10(3)8-11/h5,7,9H,4,6,8H2,1-3H3. The van der Waals surface area contributed by atoms with Gasteiger partial charge in [-0.25, -0.2) is 0 Å². The summed E-state index contributed by atoms with van der Waals surface area (Å²) in [5.41, 5.74) is 3.16. The van der Waals surface area contributed by atoms with Crippen LogP contribution in [0.25, 0.3) is 0 Å². The molecule has 0 spiro atoms. The van der Waals surface area contributed by atoms with Crippen LogP contribution in [0, 0.1) is 5.92 Å². The average molecular weight is 150 g/mol. The molecular weight excluding hydrogens is 132 g/mol. The van der Waals surface area contributed by atoms with E-state index in [0.29, 0.717) is 0 Å². The first-order valence-corrected chi connectivity index (χ1v) is 4.57. The lowest BCUT2D eigenvalue weighted by molar-refractivity contribution is 0.690. The van der Waals surface area contributed by atoms with E-state index in [1.54, 1.807) is 11.1 Å². The molecule has 1 unspecified atom stereocenters. The molecule has 0 aromatic carbocycles. The molecule has 0 N–H and O–H groups in total. The highest BCUT2D eigenvalue weighted by molar-refractivity contribution is 5.24. The van der Waals surface area contributed by atoms with E-state index in [2.05, 4.69) is 32.9 Å². The number of hydrogen-bond acceptors (Lipinski definition) is 0. The van der Waals surface area contributed by atoms with E-state index in [9.17, 15) is 0 Å². The molecule has 1 rings (SSSR count).